The lowest BCUT2D eigenvalue weighted by atomic mass is 10.2. The van der Waals surface area contributed by atoms with Crippen molar-refractivity contribution in [2.45, 2.75) is 6.92 Å². The number of rotatable bonds is 3. The highest BCUT2D eigenvalue weighted by Crippen LogP contribution is 2.25. The Morgan fingerprint density at radius 1 is 1.53 bits per heavy atom. The van der Waals surface area contributed by atoms with Gasteiger partial charge in [-0.3, -0.25) is 4.79 Å². The zero-order chi connectivity index (χ0) is 10.8. The second-order valence-corrected chi connectivity index (χ2v) is 3.95. The molecule has 0 aromatic carbocycles. The van der Waals surface area contributed by atoms with E-state index in [-0.39, 0.29) is 5.78 Å². The van der Waals surface area contributed by atoms with Gasteiger partial charge in [0.2, 0.25) is 5.78 Å². The van der Waals surface area contributed by atoms with Crippen LogP contribution in [0.3, 0.4) is 0 Å². The van der Waals surface area contributed by atoms with E-state index < -0.39 is 0 Å². The smallest absolute Gasteiger partial charge is 0.224 e. The zero-order valence-electron chi connectivity index (χ0n) is 8.31. The molecule has 0 saturated heterocycles. The molecule has 0 aliphatic heterocycles. The average Bonchev–Trinajstić information content (AvgIpc) is 2.84. The minimum absolute atomic E-state index is 0.139. The summed E-state index contributed by atoms with van der Waals surface area (Å²) >= 11 is 1.29. The molecule has 0 fully saturated rings. The van der Waals surface area contributed by atoms with Crippen LogP contribution in [-0.4, -0.2) is 17.9 Å². The Balaban J connectivity index is 2.28. The molecule has 0 unspecified atom stereocenters. The number of thiophene rings is 1. The number of carbonyl (C=O) groups excluding carboxylic acids is 1. The minimum atomic E-state index is -0.139. The lowest BCUT2D eigenvalue weighted by Gasteiger charge is -1.91. The van der Waals surface area contributed by atoms with Crippen molar-refractivity contribution in [2.75, 3.05) is 7.11 Å². The molecule has 0 radical (unpaired) electrons. The Kier molecular flexibility index (Phi) is 2.55. The Bertz CT molecular complexity index is 486. The molecule has 2 heterocycles. The number of aryl methyl sites for hydroxylation is 1. The van der Waals surface area contributed by atoms with E-state index >= 15 is 0 Å². The van der Waals surface area contributed by atoms with E-state index in [0.29, 0.717) is 21.5 Å². The maximum Gasteiger partial charge on any atom is 0.224 e. The second-order valence-electron chi connectivity index (χ2n) is 2.90. The van der Waals surface area contributed by atoms with Gasteiger partial charge in [0.05, 0.1) is 12.0 Å². The van der Waals surface area contributed by atoms with Crippen LogP contribution in [0.2, 0.25) is 0 Å². The number of carbonyl (C=O) groups is 1. The largest absolute Gasteiger partial charge is 0.487 e. The summed E-state index contributed by atoms with van der Waals surface area (Å²) in [5, 5.41) is 0.707. The lowest BCUT2D eigenvalue weighted by molar-refractivity contribution is 0.103. The summed E-state index contributed by atoms with van der Waals surface area (Å²) in [6.45, 7) is 1.70. The van der Waals surface area contributed by atoms with Crippen LogP contribution < -0.4 is 4.74 Å². The van der Waals surface area contributed by atoms with Gasteiger partial charge in [0.15, 0.2) is 16.6 Å². The van der Waals surface area contributed by atoms with Crippen molar-refractivity contribution in [1.29, 1.82) is 0 Å². The summed E-state index contributed by atoms with van der Waals surface area (Å²) in [4.78, 5) is 16.4. The van der Waals surface area contributed by atoms with E-state index in [4.69, 9.17) is 9.15 Å². The maximum absolute atomic E-state index is 11.8. The maximum atomic E-state index is 11.8. The van der Waals surface area contributed by atoms with E-state index in [1.54, 1.807) is 26.2 Å². The standard InChI is InChI=1S/C10H9NO3S/c1-6-11-7(5-14-6)10(12)8-3-4-9(13-2)15-8/h3-5H,1-2H3. The molecule has 0 amide bonds. The molecule has 0 aliphatic rings. The number of ether oxygens (including phenoxy) is 1. The van der Waals surface area contributed by atoms with Crippen LogP contribution >= 0.6 is 11.3 Å². The van der Waals surface area contributed by atoms with Crippen molar-refractivity contribution in [3.05, 3.63) is 34.9 Å². The van der Waals surface area contributed by atoms with Crippen LogP contribution in [0.5, 0.6) is 5.06 Å². The van der Waals surface area contributed by atoms with Crippen molar-refractivity contribution < 1.29 is 13.9 Å². The summed E-state index contributed by atoms with van der Waals surface area (Å²) in [6.07, 6.45) is 1.36. The monoisotopic (exact) mass is 223 g/mol. The molecule has 78 valence electrons. The predicted octanol–water partition coefficient (Wildman–Crippen LogP) is 2.28. The quantitative estimate of drug-likeness (QED) is 0.749. The molecule has 2 rings (SSSR count). The summed E-state index contributed by atoms with van der Waals surface area (Å²) in [5.41, 5.74) is 0.331. The zero-order valence-corrected chi connectivity index (χ0v) is 9.13. The first-order valence-electron chi connectivity index (χ1n) is 4.31. The highest BCUT2D eigenvalue weighted by atomic mass is 32.1. The Hall–Kier alpha value is -1.62. The van der Waals surface area contributed by atoms with Gasteiger partial charge in [0.25, 0.3) is 0 Å². The highest BCUT2D eigenvalue weighted by molar-refractivity contribution is 7.16. The fourth-order valence-electron chi connectivity index (χ4n) is 1.15. The molecule has 0 atom stereocenters. The summed E-state index contributed by atoms with van der Waals surface area (Å²) in [6, 6.07) is 3.47. The number of ketones is 1. The van der Waals surface area contributed by atoms with Crippen LogP contribution in [0, 0.1) is 6.92 Å². The molecule has 0 bridgehead atoms. The van der Waals surface area contributed by atoms with Gasteiger partial charge in [0, 0.05) is 6.92 Å². The van der Waals surface area contributed by atoms with Crippen LogP contribution in [0.15, 0.2) is 22.8 Å². The molecule has 0 saturated carbocycles. The molecule has 0 spiro atoms. The van der Waals surface area contributed by atoms with Crippen LogP contribution in [0.1, 0.15) is 21.3 Å². The molecule has 2 aromatic heterocycles. The first-order valence-corrected chi connectivity index (χ1v) is 5.13. The summed E-state index contributed by atoms with van der Waals surface area (Å²) in [7, 11) is 1.57. The number of methoxy groups -OCH3 is 1. The van der Waals surface area contributed by atoms with Crippen molar-refractivity contribution in [1.82, 2.24) is 4.98 Å². The van der Waals surface area contributed by atoms with Gasteiger partial charge in [-0.15, -0.1) is 0 Å². The third kappa shape index (κ3) is 1.92. The average molecular weight is 223 g/mol. The Morgan fingerprint density at radius 3 is 2.87 bits per heavy atom. The molecular weight excluding hydrogens is 214 g/mol. The van der Waals surface area contributed by atoms with E-state index in [9.17, 15) is 4.79 Å². The van der Waals surface area contributed by atoms with Gasteiger partial charge in [-0.2, -0.15) is 0 Å². The van der Waals surface area contributed by atoms with Gasteiger partial charge in [-0.25, -0.2) is 4.98 Å². The minimum Gasteiger partial charge on any atom is -0.487 e. The van der Waals surface area contributed by atoms with Gasteiger partial charge in [-0.1, -0.05) is 11.3 Å². The topological polar surface area (TPSA) is 52.3 Å². The number of nitrogens with zero attached hydrogens (tertiary/aromatic N) is 1. The van der Waals surface area contributed by atoms with Crippen molar-refractivity contribution in [3.63, 3.8) is 0 Å². The Labute approximate surface area is 90.5 Å². The van der Waals surface area contributed by atoms with E-state index in [1.165, 1.54) is 17.6 Å². The van der Waals surface area contributed by atoms with E-state index in [0.717, 1.165) is 0 Å². The molecule has 5 heteroatoms. The van der Waals surface area contributed by atoms with Crippen molar-refractivity contribution >= 4 is 17.1 Å². The first-order chi connectivity index (χ1) is 7.20. The third-order valence-corrected chi connectivity index (χ3v) is 2.90. The lowest BCUT2D eigenvalue weighted by Crippen LogP contribution is -1.98. The molecular formula is C10H9NO3S. The molecule has 0 aliphatic carbocycles. The van der Waals surface area contributed by atoms with Gasteiger partial charge >= 0.3 is 0 Å². The predicted molar refractivity (Wildman–Crippen MR) is 55.5 cm³/mol. The fourth-order valence-corrected chi connectivity index (χ4v) is 1.92. The fraction of sp³-hybridized carbons (Fsp3) is 0.200. The SMILES string of the molecule is COc1ccc(C(=O)c2coc(C)n2)s1. The molecule has 0 N–H and O–H groups in total. The third-order valence-electron chi connectivity index (χ3n) is 1.86. The molecule has 15 heavy (non-hydrogen) atoms. The Morgan fingerprint density at radius 2 is 2.33 bits per heavy atom. The second kappa shape index (κ2) is 3.86. The van der Waals surface area contributed by atoms with Crippen molar-refractivity contribution in [3.8, 4) is 5.06 Å². The van der Waals surface area contributed by atoms with Crippen LogP contribution in [-0.2, 0) is 0 Å². The van der Waals surface area contributed by atoms with Crippen LogP contribution in [0.4, 0.5) is 0 Å². The number of hydrogen-bond acceptors (Lipinski definition) is 5. The number of hydrogen-bond donors (Lipinski definition) is 0. The van der Waals surface area contributed by atoms with Crippen molar-refractivity contribution in [2.24, 2.45) is 0 Å². The normalized spacial score (nSPS) is 10.3. The first kappa shape index (κ1) is 9.92. The van der Waals surface area contributed by atoms with E-state index in [2.05, 4.69) is 4.98 Å². The number of aromatic nitrogens is 1. The highest BCUT2D eigenvalue weighted by Gasteiger charge is 2.15. The van der Waals surface area contributed by atoms with Gasteiger partial charge in [-0.05, 0) is 12.1 Å². The molecule has 2 aromatic rings. The summed E-state index contributed by atoms with van der Waals surface area (Å²) in [5.74, 6) is 0.349. The van der Waals surface area contributed by atoms with E-state index in [1.807, 2.05) is 0 Å². The van der Waals surface area contributed by atoms with Gasteiger partial charge in [0.1, 0.15) is 6.26 Å². The summed E-state index contributed by atoms with van der Waals surface area (Å²) < 4.78 is 9.99. The molecule has 4 nitrogen and oxygen atoms in total. The van der Waals surface area contributed by atoms with Gasteiger partial charge < -0.3 is 9.15 Å². The van der Waals surface area contributed by atoms with Crippen LogP contribution in [0.25, 0.3) is 0 Å². The number of oxazole rings is 1.